The molecule has 0 saturated carbocycles. The largest absolute Gasteiger partial charge is 0.458 e. The highest BCUT2D eigenvalue weighted by atomic mass is 16.5. The van der Waals surface area contributed by atoms with Crippen LogP contribution in [0.4, 0.5) is 0 Å². The predicted molar refractivity (Wildman–Crippen MR) is 84.1 cm³/mol. The second-order valence-corrected chi connectivity index (χ2v) is 4.34. The molecule has 6 nitrogen and oxygen atoms in total. The fourth-order valence-electron chi connectivity index (χ4n) is 2.26. The number of carbonyl (C=O) groups is 1. The topological polar surface area (TPSA) is 92.4 Å². The number of ether oxygens (including phenoxy) is 1. The summed E-state index contributed by atoms with van der Waals surface area (Å²) in [7, 11) is 0. The van der Waals surface area contributed by atoms with Gasteiger partial charge in [-0.05, 0) is 11.6 Å². The third-order valence-electron chi connectivity index (χ3n) is 3.27. The first-order valence-electron chi connectivity index (χ1n) is 7.39. The fourth-order valence-corrected chi connectivity index (χ4v) is 2.26. The number of aliphatic hydroxyl groups is 1. The summed E-state index contributed by atoms with van der Waals surface area (Å²) in [6, 6.07) is 1.50. The van der Waals surface area contributed by atoms with Crippen molar-refractivity contribution in [2.45, 2.75) is 47.0 Å². The summed E-state index contributed by atoms with van der Waals surface area (Å²) in [6.45, 7) is 11.8. The number of cyclic esters (lactones) is 1. The number of aromatic nitrogens is 1. The van der Waals surface area contributed by atoms with Gasteiger partial charge in [0.05, 0.1) is 23.5 Å². The van der Waals surface area contributed by atoms with E-state index in [-0.39, 0.29) is 35.5 Å². The molecule has 1 unspecified atom stereocenters. The van der Waals surface area contributed by atoms with E-state index in [4.69, 9.17) is 10.1 Å². The first kappa shape index (κ1) is 17.8. The van der Waals surface area contributed by atoms with Crippen molar-refractivity contribution in [1.82, 2.24) is 4.57 Å². The van der Waals surface area contributed by atoms with Gasteiger partial charge in [0.2, 0.25) is 0 Å². The van der Waals surface area contributed by atoms with Gasteiger partial charge < -0.3 is 14.4 Å². The number of esters is 1. The van der Waals surface area contributed by atoms with E-state index in [1.165, 1.54) is 10.6 Å². The molecule has 0 fully saturated rings. The number of pyridine rings is 1. The molecule has 120 valence electrons. The Bertz CT molecular complexity index is 673. The lowest BCUT2D eigenvalue weighted by molar-refractivity contribution is -0.157. The van der Waals surface area contributed by atoms with E-state index in [2.05, 4.69) is 6.58 Å². The molecule has 0 aromatic carbocycles. The molecule has 3 heterocycles. The molecule has 2 aliphatic heterocycles. The molecule has 6 heteroatoms. The molecule has 0 spiro atoms. The van der Waals surface area contributed by atoms with Crippen molar-refractivity contribution >= 4 is 11.7 Å². The zero-order valence-corrected chi connectivity index (χ0v) is 13.4. The van der Waals surface area contributed by atoms with Gasteiger partial charge in [0.15, 0.2) is 6.10 Å². The number of hydrogen-bond acceptors (Lipinski definition) is 5. The molecule has 1 aromatic heterocycles. The molecule has 0 amide bonds. The Morgan fingerprint density at radius 3 is 2.50 bits per heavy atom. The van der Waals surface area contributed by atoms with Crippen LogP contribution in [-0.2, 0) is 22.7 Å². The number of nitrogens with zero attached hydrogens (tertiary/aromatic N) is 1. The highest BCUT2D eigenvalue weighted by Gasteiger charge is 2.33. The summed E-state index contributed by atoms with van der Waals surface area (Å²) >= 11 is 0. The molecular weight excluding hydrogens is 284 g/mol. The van der Waals surface area contributed by atoms with Gasteiger partial charge in [0.1, 0.15) is 6.61 Å². The molecule has 0 bridgehead atoms. The maximum atomic E-state index is 12.2. The van der Waals surface area contributed by atoms with Crippen molar-refractivity contribution in [2.24, 2.45) is 0 Å². The Morgan fingerprint density at radius 2 is 1.91 bits per heavy atom. The van der Waals surface area contributed by atoms with E-state index in [9.17, 15) is 14.7 Å². The number of hydrogen-bond donors (Lipinski definition) is 2. The molecule has 1 atom stereocenters. The standard InChI is InChI=1S/C12H10N2O4.2C2H6/c1-5-3-14-8(9(5)13)2-6-7(11(14)16)4-18-12(17)10(6)15;2*1-2/h2,10,13,15H,1,3-4H2;2*1-2H3. The van der Waals surface area contributed by atoms with E-state index in [1.54, 1.807) is 0 Å². The van der Waals surface area contributed by atoms with Gasteiger partial charge in [-0.15, -0.1) is 0 Å². The van der Waals surface area contributed by atoms with E-state index >= 15 is 0 Å². The van der Waals surface area contributed by atoms with Gasteiger partial charge in [-0.3, -0.25) is 10.2 Å². The van der Waals surface area contributed by atoms with Gasteiger partial charge in [-0.1, -0.05) is 34.3 Å². The maximum absolute atomic E-state index is 12.2. The molecule has 22 heavy (non-hydrogen) atoms. The number of nitrogens with one attached hydrogen (secondary N) is 1. The molecule has 2 N–H and O–H groups in total. The van der Waals surface area contributed by atoms with Gasteiger partial charge >= 0.3 is 5.97 Å². The summed E-state index contributed by atoms with van der Waals surface area (Å²) in [5.41, 5.74) is 1.27. The van der Waals surface area contributed by atoms with Crippen LogP contribution >= 0.6 is 0 Å². The maximum Gasteiger partial charge on any atom is 0.340 e. The highest BCUT2D eigenvalue weighted by Crippen LogP contribution is 2.27. The average molecular weight is 306 g/mol. The van der Waals surface area contributed by atoms with Gasteiger partial charge in [0, 0.05) is 5.56 Å². The van der Waals surface area contributed by atoms with Gasteiger partial charge in [0.25, 0.3) is 5.56 Å². The molecule has 3 rings (SSSR count). The highest BCUT2D eigenvalue weighted by molar-refractivity contribution is 6.11. The number of rotatable bonds is 0. The summed E-state index contributed by atoms with van der Waals surface area (Å²) in [5.74, 6) is -0.768. The van der Waals surface area contributed by atoms with Crippen LogP contribution in [-0.4, -0.2) is 21.4 Å². The second kappa shape index (κ2) is 7.17. The summed E-state index contributed by atoms with van der Waals surface area (Å²) in [5, 5.41) is 17.5. The van der Waals surface area contributed by atoms with Crippen LogP contribution in [0, 0.1) is 5.41 Å². The van der Waals surface area contributed by atoms with Crippen LogP contribution in [0.5, 0.6) is 0 Å². The normalized spacial score (nSPS) is 18.2. The predicted octanol–water partition coefficient (Wildman–Crippen LogP) is 1.93. The lowest BCUT2D eigenvalue weighted by Gasteiger charge is -2.21. The fraction of sp³-hybridized carbons (Fsp3) is 0.438. The Balaban J connectivity index is 0.000000561. The number of fused-ring (bicyclic) bond motifs is 2. The van der Waals surface area contributed by atoms with Crippen LogP contribution in [0.2, 0.25) is 0 Å². The zero-order chi connectivity index (χ0) is 17.0. The van der Waals surface area contributed by atoms with Crippen molar-refractivity contribution < 1.29 is 14.6 Å². The third kappa shape index (κ3) is 2.74. The Hall–Kier alpha value is -2.21. The minimum absolute atomic E-state index is 0.135. The van der Waals surface area contributed by atoms with Crippen molar-refractivity contribution in [3.8, 4) is 0 Å². The van der Waals surface area contributed by atoms with Crippen LogP contribution in [0.25, 0.3) is 0 Å². The smallest absolute Gasteiger partial charge is 0.340 e. The Kier molecular flexibility index (Phi) is 5.82. The summed E-state index contributed by atoms with van der Waals surface area (Å²) < 4.78 is 6.14. The lowest BCUT2D eigenvalue weighted by Crippen LogP contribution is -2.33. The van der Waals surface area contributed by atoms with Crippen molar-refractivity contribution in [3.63, 3.8) is 0 Å². The molecule has 2 aliphatic rings. The first-order valence-corrected chi connectivity index (χ1v) is 7.39. The van der Waals surface area contributed by atoms with Crippen LogP contribution < -0.4 is 5.56 Å². The minimum atomic E-state index is -1.45. The number of carbonyl (C=O) groups excluding carboxylic acids is 1. The van der Waals surface area contributed by atoms with Crippen LogP contribution in [0.3, 0.4) is 0 Å². The van der Waals surface area contributed by atoms with Gasteiger partial charge in [-0.25, -0.2) is 4.79 Å². The summed E-state index contributed by atoms with van der Waals surface area (Å²) in [4.78, 5) is 23.4. The molecular formula is C16H22N2O4. The number of allylic oxidation sites excluding steroid dienone is 1. The average Bonchev–Trinajstić information content (AvgIpc) is 2.84. The third-order valence-corrected chi connectivity index (χ3v) is 3.27. The van der Waals surface area contributed by atoms with Crippen LogP contribution in [0.15, 0.2) is 23.0 Å². The van der Waals surface area contributed by atoms with Crippen LogP contribution in [0.1, 0.15) is 50.6 Å². The monoisotopic (exact) mass is 306 g/mol. The zero-order valence-electron chi connectivity index (χ0n) is 13.4. The van der Waals surface area contributed by atoms with Crippen molar-refractivity contribution in [2.75, 3.05) is 0 Å². The molecule has 1 aromatic rings. The lowest BCUT2D eigenvalue weighted by atomic mass is 10.0. The quantitative estimate of drug-likeness (QED) is 0.716. The Labute approximate surface area is 129 Å². The van der Waals surface area contributed by atoms with E-state index in [0.29, 0.717) is 11.3 Å². The van der Waals surface area contributed by atoms with Crippen molar-refractivity contribution in [3.05, 3.63) is 45.4 Å². The minimum Gasteiger partial charge on any atom is -0.458 e. The first-order chi connectivity index (χ1) is 10.5. The molecule has 0 saturated heterocycles. The molecule has 0 radical (unpaired) electrons. The Morgan fingerprint density at radius 1 is 1.32 bits per heavy atom. The molecule has 0 aliphatic carbocycles. The number of aliphatic hydroxyl groups excluding tert-OH is 1. The van der Waals surface area contributed by atoms with E-state index in [1.807, 2.05) is 27.7 Å². The SMILES string of the molecule is C=C1Cn2c(cc3c(c2=O)COC(=O)C3O)C1=N.CC.CC. The second-order valence-electron chi connectivity index (χ2n) is 4.34. The van der Waals surface area contributed by atoms with Crippen molar-refractivity contribution in [1.29, 1.82) is 5.41 Å². The van der Waals surface area contributed by atoms with E-state index < -0.39 is 12.1 Å². The summed E-state index contributed by atoms with van der Waals surface area (Å²) in [6.07, 6.45) is -1.45. The van der Waals surface area contributed by atoms with Gasteiger partial charge in [-0.2, -0.15) is 0 Å². The van der Waals surface area contributed by atoms with E-state index in [0.717, 1.165) is 0 Å².